The highest BCUT2D eigenvalue weighted by atomic mass is 35.5. The number of quaternary nitrogens is 1. The van der Waals surface area contributed by atoms with Gasteiger partial charge >= 0.3 is 0 Å². The van der Waals surface area contributed by atoms with Crippen LogP contribution in [0.4, 0.5) is 0 Å². The number of piperidine rings is 1. The minimum Gasteiger partial charge on any atom is -0.488 e. The third-order valence-electron chi connectivity index (χ3n) is 6.53. The van der Waals surface area contributed by atoms with Crippen molar-refractivity contribution < 1.29 is 13.6 Å². The number of likely N-dealkylation sites (tertiary alicyclic amines) is 1. The second-order valence-corrected chi connectivity index (χ2v) is 10.00. The summed E-state index contributed by atoms with van der Waals surface area (Å²) in [6.07, 6.45) is 3.76. The largest absolute Gasteiger partial charge is 0.488 e. The molecule has 0 amide bonds. The minimum atomic E-state index is 0.642. The first-order valence-corrected chi connectivity index (χ1v) is 12.2. The number of benzene rings is 3. The standard InChI is InChI=1S/C26H25Cl3NO2/c27-19-5-4-18(24(29)14-19)17-30(10-2-1-3-11-30)12-13-31-21-7-9-23-22-8-6-20(28)15-25(22)32-26(23)16-21/h4-9,14-16H,1-3,10-13,17H2/q+1. The Kier molecular flexibility index (Phi) is 6.26. The molecule has 2 heterocycles. The van der Waals surface area contributed by atoms with Gasteiger partial charge in [-0.1, -0.05) is 40.9 Å². The van der Waals surface area contributed by atoms with Crippen LogP contribution in [0.3, 0.4) is 0 Å². The highest BCUT2D eigenvalue weighted by molar-refractivity contribution is 6.35. The number of ether oxygens (including phenoxy) is 1. The van der Waals surface area contributed by atoms with Crippen LogP contribution in [0.15, 0.2) is 59.0 Å². The number of fused-ring (bicyclic) bond motifs is 3. The highest BCUT2D eigenvalue weighted by Crippen LogP contribution is 2.33. The van der Waals surface area contributed by atoms with Crippen LogP contribution in [0, 0.1) is 0 Å². The molecule has 1 aliphatic heterocycles. The maximum atomic E-state index is 6.49. The second-order valence-electron chi connectivity index (χ2n) is 8.72. The molecule has 1 aliphatic rings. The molecule has 3 nitrogen and oxygen atoms in total. The van der Waals surface area contributed by atoms with Crippen molar-refractivity contribution in [1.29, 1.82) is 0 Å². The lowest BCUT2D eigenvalue weighted by Gasteiger charge is -2.41. The van der Waals surface area contributed by atoms with Crippen molar-refractivity contribution in [2.75, 3.05) is 26.2 Å². The highest BCUT2D eigenvalue weighted by Gasteiger charge is 2.31. The van der Waals surface area contributed by atoms with Gasteiger partial charge in [0.1, 0.15) is 36.6 Å². The number of furan rings is 1. The van der Waals surface area contributed by atoms with E-state index in [1.165, 1.54) is 19.3 Å². The molecule has 1 saturated heterocycles. The average Bonchev–Trinajstić information content (AvgIpc) is 3.13. The number of halogens is 3. The van der Waals surface area contributed by atoms with Gasteiger partial charge in [0.2, 0.25) is 0 Å². The predicted molar refractivity (Wildman–Crippen MR) is 133 cm³/mol. The fraction of sp³-hybridized carbons (Fsp3) is 0.308. The molecule has 5 rings (SSSR count). The average molecular weight is 490 g/mol. The molecule has 4 aromatic rings. The van der Waals surface area contributed by atoms with Gasteiger partial charge in [-0.05, 0) is 55.7 Å². The second kappa shape index (κ2) is 9.15. The fourth-order valence-electron chi connectivity index (χ4n) is 4.83. The van der Waals surface area contributed by atoms with Crippen molar-refractivity contribution >= 4 is 56.7 Å². The van der Waals surface area contributed by atoms with Crippen molar-refractivity contribution in [3.63, 3.8) is 0 Å². The van der Waals surface area contributed by atoms with Crippen LogP contribution in [-0.2, 0) is 6.54 Å². The lowest BCUT2D eigenvalue weighted by atomic mass is 10.1. The Balaban J connectivity index is 1.31. The van der Waals surface area contributed by atoms with Crippen LogP contribution < -0.4 is 4.74 Å². The zero-order valence-electron chi connectivity index (χ0n) is 17.8. The molecule has 6 heteroatoms. The van der Waals surface area contributed by atoms with E-state index in [1.807, 2.05) is 42.5 Å². The minimum absolute atomic E-state index is 0.642. The van der Waals surface area contributed by atoms with Gasteiger partial charge in [-0.2, -0.15) is 0 Å². The normalized spacial score (nSPS) is 16.0. The molecule has 0 bridgehead atoms. The fourth-order valence-corrected chi connectivity index (χ4v) is 5.46. The van der Waals surface area contributed by atoms with Crippen molar-refractivity contribution in [1.82, 2.24) is 0 Å². The van der Waals surface area contributed by atoms with E-state index in [2.05, 4.69) is 12.1 Å². The number of hydrogen-bond donors (Lipinski definition) is 0. The van der Waals surface area contributed by atoms with Crippen molar-refractivity contribution in [2.24, 2.45) is 0 Å². The Morgan fingerprint density at radius 3 is 2.25 bits per heavy atom. The summed E-state index contributed by atoms with van der Waals surface area (Å²) in [5, 5.41) is 4.23. The lowest BCUT2D eigenvalue weighted by molar-refractivity contribution is -0.945. The molecule has 0 saturated carbocycles. The summed E-state index contributed by atoms with van der Waals surface area (Å²) in [7, 11) is 0. The van der Waals surface area contributed by atoms with Crippen LogP contribution in [-0.4, -0.2) is 30.7 Å². The van der Waals surface area contributed by atoms with Crippen LogP contribution >= 0.6 is 34.8 Å². The maximum Gasteiger partial charge on any atom is 0.139 e. The first-order valence-electron chi connectivity index (χ1n) is 11.1. The molecular formula is C26H25Cl3NO2+. The van der Waals surface area contributed by atoms with Gasteiger partial charge in [-0.15, -0.1) is 0 Å². The molecule has 3 aromatic carbocycles. The first kappa shape index (κ1) is 21.9. The van der Waals surface area contributed by atoms with Gasteiger partial charge < -0.3 is 13.6 Å². The van der Waals surface area contributed by atoms with E-state index in [1.54, 1.807) is 0 Å². The molecule has 0 N–H and O–H groups in total. The molecule has 0 radical (unpaired) electrons. The maximum absolute atomic E-state index is 6.49. The number of hydrogen-bond acceptors (Lipinski definition) is 2. The Morgan fingerprint density at radius 2 is 1.47 bits per heavy atom. The van der Waals surface area contributed by atoms with Crippen molar-refractivity contribution in [3.05, 3.63) is 75.2 Å². The summed E-state index contributed by atoms with van der Waals surface area (Å²) in [6, 6.07) is 17.6. The van der Waals surface area contributed by atoms with Gasteiger partial charge in [0.25, 0.3) is 0 Å². The molecule has 0 atom stereocenters. The molecule has 0 unspecified atom stereocenters. The molecule has 0 aliphatic carbocycles. The quantitative estimate of drug-likeness (QED) is 0.255. The van der Waals surface area contributed by atoms with Crippen molar-refractivity contribution in [3.8, 4) is 5.75 Å². The molecule has 166 valence electrons. The number of nitrogens with zero attached hydrogens (tertiary/aromatic N) is 1. The van der Waals surface area contributed by atoms with E-state index in [0.717, 1.165) is 68.9 Å². The molecule has 1 fully saturated rings. The summed E-state index contributed by atoms with van der Waals surface area (Å²) in [5.74, 6) is 0.822. The third kappa shape index (κ3) is 4.58. The molecular weight excluding hydrogens is 465 g/mol. The smallest absolute Gasteiger partial charge is 0.139 e. The Hall–Kier alpha value is -1.91. The predicted octanol–water partition coefficient (Wildman–Crippen LogP) is 8.13. The molecule has 0 spiro atoms. The Morgan fingerprint density at radius 1 is 0.781 bits per heavy atom. The summed E-state index contributed by atoms with van der Waals surface area (Å²) >= 11 is 18.7. The van der Waals surface area contributed by atoms with Crippen LogP contribution in [0.5, 0.6) is 5.75 Å². The van der Waals surface area contributed by atoms with Crippen LogP contribution in [0.1, 0.15) is 24.8 Å². The number of rotatable bonds is 6. The zero-order valence-corrected chi connectivity index (χ0v) is 20.0. The monoisotopic (exact) mass is 488 g/mol. The Bertz CT molecular complexity index is 1260. The summed E-state index contributed by atoms with van der Waals surface area (Å²) in [6.45, 7) is 4.77. The zero-order chi connectivity index (χ0) is 22.1. The van der Waals surface area contributed by atoms with E-state index in [4.69, 9.17) is 44.0 Å². The third-order valence-corrected chi connectivity index (χ3v) is 7.35. The van der Waals surface area contributed by atoms with E-state index < -0.39 is 0 Å². The first-order chi connectivity index (χ1) is 15.5. The topological polar surface area (TPSA) is 22.4 Å². The van der Waals surface area contributed by atoms with Gasteiger partial charge in [0.15, 0.2) is 0 Å². The SMILES string of the molecule is Clc1ccc(C[N+]2(CCOc3ccc4c(c3)oc3cc(Cl)ccc34)CCCCC2)c(Cl)c1. The van der Waals surface area contributed by atoms with Gasteiger partial charge in [-0.25, -0.2) is 0 Å². The van der Waals surface area contributed by atoms with Gasteiger partial charge in [0.05, 0.1) is 18.1 Å². The van der Waals surface area contributed by atoms with E-state index in [-0.39, 0.29) is 0 Å². The lowest BCUT2D eigenvalue weighted by Crippen LogP contribution is -2.52. The summed E-state index contributed by atoms with van der Waals surface area (Å²) in [5.41, 5.74) is 2.76. The molecule has 32 heavy (non-hydrogen) atoms. The van der Waals surface area contributed by atoms with E-state index in [0.29, 0.717) is 16.7 Å². The van der Waals surface area contributed by atoms with Crippen LogP contribution in [0.2, 0.25) is 15.1 Å². The molecule has 1 aromatic heterocycles. The summed E-state index contributed by atoms with van der Waals surface area (Å²) < 4.78 is 13.2. The van der Waals surface area contributed by atoms with Crippen molar-refractivity contribution in [2.45, 2.75) is 25.8 Å². The Labute approximate surface area is 203 Å². The van der Waals surface area contributed by atoms with E-state index in [9.17, 15) is 0 Å². The van der Waals surface area contributed by atoms with Gasteiger partial charge in [-0.3, -0.25) is 0 Å². The van der Waals surface area contributed by atoms with Crippen LogP contribution in [0.25, 0.3) is 21.9 Å². The summed E-state index contributed by atoms with van der Waals surface area (Å²) in [4.78, 5) is 0. The van der Waals surface area contributed by atoms with E-state index >= 15 is 0 Å². The van der Waals surface area contributed by atoms with Gasteiger partial charge in [0, 0.05) is 38.5 Å².